The summed E-state index contributed by atoms with van der Waals surface area (Å²) in [6.07, 6.45) is 0. The van der Waals surface area contributed by atoms with Crippen molar-refractivity contribution in [2.45, 2.75) is 15.2 Å². The summed E-state index contributed by atoms with van der Waals surface area (Å²) in [5.74, 6) is 1.67. The van der Waals surface area contributed by atoms with E-state index in [4.69, 9.17) is 15.0 Å². The molecule has 0 saturated carbocycles. The number of rotatable bonds is 3. The van der Waals surface area contributed by atoms with Crippen molar-refractivity contribution in [2.24, 2.45) is 0 Å². The van der Waals surface area contributed by atoms with Crippen LogP contribution < -0.4 is 0 Å². The van der Waals surface area contributed by atoms with Gasteiger partial charge in [0, 0.05) is 22.1 Å². The van der Waals surface area contributed by atoms with Crippen LogP contribution in [0.4, 0.5) is 0 Å². The molecule has 2 aliphatic rings. The summed E-state index contributed by atoms with van der Waals surface area (Å²) in [4.78, 5) is 15.9. The van der Waals surface area contributed by atoms with Gasteiger partial charge in [-0.25, -0.2) is 23.4 Å². The fourth-order valence-corrected chi connectivity index (χ4v) is 11.0. The van der Waals surface area contributed by atoms with Gasteiger partial charge in [-0.15, -0.1) is 0 Å². The minimum absolute atomic E-state index is 0.304. The van der Waals surface area contributed by atoms with Crippen molar-refractivity contribution in [1.82, 2.24) is 15.0 Å². The van der Waals surface area contributed by atoms with Crippen molar-refractivity contribution in [3.05, 3.63) is 210 Å². The SMILES string of the molecule is O=S1(=O)c2ccccc2C2(c3ccccc3-c3ccccc3-c3ccc(-c4nc(-c5ccccc5)nc(-c5ccccc5)n4)cc32)c2ccc3ccccc3c21. The molecular formula is C50H31N3O2S. The van der Waals surface area contributed by atoms with E-state index in [1.54, 1.807) is 6.07 Å². The zero-order chi connectivity index (χ0) is 37.4. The molecule has 0 N–H and O–H groups in total. The van der Waals surface area contributed by atoms with Gasteiger partial charge in [-0.05, 0) is 62.0 Å². The minimum atomic E-state index is -3.96. The van der Waals surface area contributed by atoms with Gasteiger partial charge in [0.25, 0.3) is 0 Å². The van der Waals surface area contributed by atoms with E-state index in [1.165, 1.54) is 0 Å². The molecule has 56 heavy (non-hydrogen) atoms. The Hall–Kier alpha value is -7.02. The second-order valence-electron chi connectivity index (χ2n) is 14.3. The Morgan fingerprint density at radius 1 is 0.375 bits per heavy atom. The molecule has 6 heteroatoms. The highest BCUT2D eigenvalue weighted by Gasteiger charge is 2.52. The maximum atomic E-state index is 15.1. The summed E-state index contributed by atoms with van der Waals surface area (Å²) in [6, 6.07) is 62.8. The third kappa shape index (κ3) is 4.60. The van der Waals surface area contributed by atoms with Gasteiger partial charge in [-0.1, -0.05) is 176 Å². The Balaban J connectivity index is 1.31. The third-order valence-electron chi connectivity index (χ3n) is 11.4. The highest BCUT2D eigenvalue weighted by atomic mass is 32.2. The molecule has 0 saturated heterocycles. The molecule has 2 heterocycles. The van der Waals surface area contributed by atoms with E-state index in [1.807, 2.05) is 109 Å². The fraction of sp³-hybridized carbons (Fsp3) is 0.0200. The molecule has 1 atom stereocenters. The van der Waals surface area contributed by atoms with E-state index in [-0.39, 0.29) is 0 Å². The van der Waals surface area contributed by atoms with Crippen LogP contribution in [0.1, 0.15) is 22.3 Å². The molecule has 9 aromatic rings. The van der Waals surface area contributed by atoms with Crippen molar-refractivity contribution in [3.8, 4) is 56.4 Å². The summed E-state index contributed by atoms with van der Waals surface area (Å²) >= 11 is 0. The number of aromatic nitrogens is 3. The van der Waals surface area contributed by atoms with Crippen LogP contribution in [0.25, 0.3) is 67.2 Å². The standard InChI is InChI=1S/C50H31N3O2S/c54-56(55)45-26-14-13-25-42(45)50(43-30-28-32-15-7-8-20-36(32)46(43)56)41-24-12-11-23-39(41)37-21-9-10-22-38(37)40-29-27-35(31-44(40)50)49-52-47(33-16-3-1-4-17-33)51-48(53-49)34-18-5-2-6-19-34/h1-31H. The van der Waals surface area contributed by atoms with Gasteiger partial charge in [-0.3, -0.25) is 0 Å². The zero-order valence-electron chi connectivity index (χ0n) is 30.0. The number of hydrogen-bond acceptors (Lipinski definition) is 5. The predicted octanol–water partition coefficient (Wildman–Crippen LogP) is 11.2. The lowest BCUT2D eigenvalue weighted by atomic mass is 9.62. The molecular weight excluding hydrogens is 707 g/mol. The minimum Gasteiger partial charge on any atom is -0.218 e. The first kappa shape index (κ1) is 32.4. The molecule has 8 aromatic carbocycles. The quantitative estimate of drug-likeness (QED) is 0.180. The average molecular weight is 738 g/mol. The van der Waals surface area contributed by atoms with Crippen LogP contribution in [-0.4, -0.2) is 23.4 Å². The Morgan fingerprint density at radius 3 is 1.57 bits per heavy atom. The third-order valence-corrected chi connectivity index (χ3v) is 13.3. The molecule has 1 aliphatic carbocycles. The number of benzene rings is 8. The van der Waals surface area contributed by atoms with Gasteiger partial charge < -0.3 is 0 Å². The van der Waals surface area contributed by atoms with Gasteiger partial charge >= 0.3 is 0 Å². The average Bonchev–Trinajstić information content (AvgIpc) is 3.37. The Kier molecular flexibility index (Phi) is 7.09. The van der Waals surface area contributed by atoms with Gasteiger partial charge in [0.1, 0.15) is 0 Å². The van der Waals surface area contributed by atoms with E-state index in [0.717, 1.165) is 61.0 Å². The van der Waals surface area contributed by atoms with Crippen LogP contribution in [-0.2, 0) is 15.3 Å². The summed E-state index contributed by atoms with van der Waals surface area (Å²) < 4.78 is 30.1. The van der Waals surface area contributed by atoms with Gasteiger partial charge in [0.15, 0.2) is 17.5 Å². The zero-order valence-corrected chi connectivity index (χ0v) is 30.8. The number of nitrogens with zero attached hydrogens (tertiary/aromatic N) is 3. The Labute approximate surface area is 324 Å². The maximum absolute atomic E-state index is 15.1. The fourth-order valence-electron chi connectivity index (χ4n) is 8.98. The largest absolute Gasteiger partial charge is 0.218 e. The molecule has 0 fully saturated rings. The Morgan fingerprint density at radius 2 is 0.893 bits per heavy atom. The summed E-state index contributed by atoms with van der Waals surface area (Å²) in [7, 11) is -3.96. The predicted molar refractivity (Wildman–Crippen MR) is 222 cm³/mol. The number of hydrogen-bond donors (Lipinski definition) is 0. The van der Waals surface area contributed by atoms with Gasteiger partial charge in [0.2, 0.25) is 9.84 Å². The highest BCUT2D eigenvalue weighted by Crippen LogP contribution is 2.60. The normalized spacial score (nSPS) is 15.9. The molecule has 0 radical (unpaired) electrons. The molecule has 264 valence electrons. The molecule has 1 unspecified atom stereocenters. The molecule has 0 amide bonds. The molecule has 1 spiro atoms. The lowest BCUT2D eigenvalue weighted by molar-refractivity contribution is 0.581. The monoisotopic (exact) mass is 737 g/mol. The van der Waals surface area contributed by atoms with Crippen LogP contribution in [0.15, 0.2) is 198 Å². The van der Waals surface area contributed by atoms with Crippen LogP contribution in [0.2, 0.25) is 0 Å². The van der Waals surface area contributed by atoms with Gasteiger partial charge in [0.05, 0.1) is 15.2 Å². The van der Waals surface area contributed by atoms with Crippen molar-refractivity contribution >= 4 is 20.6 Å². The van der Waals surface area contributed by atoms with Crippen molar-refractivity contribution in [3.63, 3.8) is 0 Å². The summed E-state index contributed by atoms with van der Waals surface area (Å²) in [5, 5.41) is 1.57. The highest BCUT2D eigenvalue weighted by molar-refractivity contribution is 7.92. The summed E-state index contributed by atoms with van der Waals surface area (Å²) in [5.41, 5.74) is 9.11. The van der Waals surface area contributed by atoms with E-state index in [9.17, 15) is 0 Å². The van der Waals surface area contributed by atoms with Gasteiger partial charge in [-0.2, -0.15) is 0 Å². The van der Waals surface area contributed by atoms with E-state index < -0.39 is 15.3 Å². The van der Waals surface area contributed by atoms with Crippen molar-refractivity contribution in [2.75, 3.05) is 0 Å². The van der Waals surface area contributed by atoms with Crippen LogP contribution >= 0.6 is 0 Å². The van der Waals surface area contributed by atoms with E-state index in [2.05, 4.69) is 72.8 Å². The topological polar surface area (TPSA) is 72.8 Å². The van der Waals surface area contributed by atoms with Crippen molar-refractivity contribution < 1.29 is 8.42 Å². The molecule has 1 aliphatic heterocycles. The first-order valence-corrected chi connectivity index (χ1v) is 20.1. The lowest BCUT2D eigenvalue weighted by Gasteiger charge is -2.43. The number of fused-ring (bicyclic) bond motifs is 13. The van der Waals surface area contributed by atoms with E-state index >= 15 is 8.42 Å². The molecule has 1 aromatic heterocycles. The first-order chi connectivity index (χ1) is 27.5. The maximum Gasteiger partial charge on any atom is 0.207 e. The van der Waals surface area contributed by atoms with Crippen molar-refractivity contribution in [1.29, 1.82) is 0 Å². The lowest BCUT2D eigenvalue weighted by Crippen LogP contribution is -2.38. The van der Waals surface area contributed by atoms with Crippen LogP contribution in [0, 0.1) is 0 Å². The van der Waals surface area contributed by atoms with Crippen LogP contribution in [0.3, 0.4) is 0 Å². The molecule has 5 nitrogen and oxygen atoms in total. The second-order valence-corrected chi connectivity index (χ2v) is 16.2. The molecule has 11 rings (SSSR count). The van der Waals surface area contributed by atoms with Crippen LogP contribution in [0.5, 0.6) is 0 Å². The number of sulfone groups is 1. The smallest absolute Gasteiger partial charge is 0.207 e. The molecule has 0 bridgehead atoms. The first-order valence-electron chi connectivity index (χ1n) is 18.6. The Bertz CT molecular complexity index is 3110. The second kappa shape index (κ2) is 12.2. The van der Waals surface area contributed by atoms with E-state index in [0.29, 0.717) is 38.2 Å². The summed E-state index contributed by atoms with van der Waals surface area (Å²) in [6.45, 7) is 0.